The zero-order valence-corrected chi connectivity index (χ0v) is 14.3. The highest BCUT2D eigenvalue weighted by molar-refractivity contribution is 14.1. The highest BCUT2D eigenvalue weighted by Gasteiger charge is 2.30. The van der Waals surface area contributed by atoms with E-state index in [0.717, 1.165) is 26.8 Å². The van der Waals surface area contributed by atoms with Gasteiger partial charge in [0.15, 0.2) is 0 Å². The Morgan fingerprint density at radius 1 is 1.05 bits per heavy atom. The van der Waals surface area contributed by atoms with E-state index < -0.39 is 11.7 Å². The smallest absolute Gasteiger partial charge is 0.166 e. The summed E-state index contributed by atoms with van der Waals surface area (Å²) in [5.74, 6) is 0. The maximum atomic E-state index is 12.5. The van der Waals surface area contributed by atoms with Crippen LogP contribution in [0.4, 0.5) is 13.2 Å². The van der Waals surface area contributed by atoms with Gasteiger partial charge in [0, 0.05) is 8.59 Å². The number of hydrogen-bond donors (Lipinski definition) is 0. The lowest BCUT2D eigenvalue weighted by Gasteiger charge is -2.13. The second-order valence-electron chi connectivity index (χ2n) is 4.53. The average Bonchev–Trinajstić information content (AvgIpc) is 2.41. The molecule has 0 fully saturated rings. The fourth-order valence-corrected chi connectivity index (χ4v) is 3.34. The van der Waals surface area contributed by atoms with E-state index in [9.17, 15) is 13.2 Å². The third kappa shape index (κ3) is 4.50. The van der Waals surface area contributed by atoms with E-state index in [1.54, 1.807) is 12.1 Å². The molecule has 1 atom stereocenters. The zero-order valence-electron chi connectivity index (χ0n) is 10.6. The van der Waals surface area contributed by atoms with Crippen molar-refractivity contribution in [3.63, 3.8) is 0 Å². The summed E-state index contributed by atoms with van der Waals surface area (Å²) in [6, 6.07) is 10.5. The molecule has 6 heteroatoms. The highest BCUT2D eigenvalue weighted by Crippen LogP contribution is 2.33. The lowest BCUT2D eigenvalue weighted by atomic mass is 10.0. The maximum Gasteiger partial charge on any atom is 0.416 e. The third-order valence-corrected chi connectivity index (χ3v) is 4.60. The van der Waals surface area contributed by atoms with Gasteiger partial charge in [-0.1, -0.05) is 23.7 Å². The van der Waals surface area contributed by atoms with Crippen molar-refractivity contribution in [3.8, 4) is 0 Å². The average molecular weight is 445 g/mol. The predicted molar refractivity (Wildman–Crippen MR) is 87.9 cm³/mol. The van der Waals surface area contributed by atoms with Crippen molar-refractivity contribution in [1.29, 1.82) is 0 Å². The van der Waals surface area contributed by atoms with E-state index in [0.29, 0.717) is 11.4 Å². The van der Waals surface area contributed by atoms with Crippen LogP contribution in [0.1, 0.15) is 22.1 Å². The molecule has 2 aromatic rings. The van der Waals surface area contributed by atoms with Crippen molar-refractivity contribution in [1.82, 2.24) is 0 Å². The SMILES string of the molecule is FC(F)(F)c1ccc(CC(Cl)c2cc(Cl)ccc2I)cc1. The number of rotatable bonds is 3. The summed E-state index contributed by atoms with van der Waals surface area (Å²) >= 11 is 14.5. The molecule has 0 spiro atoms. The Kier molecular flexibility index (Phi) is 5.43. The van der Waals surface area contributed by atoms with Gasteiger partial charge in [-0.05, 0) is 70.5 Å². The maximum absolute atomic E-state index is 12.5. The Labute approximate surface area is 144 Å². The van der Waals surface area contributed by atoms with Gasteiger partial charge in [-0.15, -0.1) is 11.6 Å². The van der Waals surface area contributed by atoms with Crippen LogP contribution in [-0.4, -0.2) is 0 Å². The van der Waals surface area contributed by atoms with Crippen molar-refractivity contribution in [2.75, 3.05) is 0 Å². The molecule has 0 saturated carbocycles. The second-order valence-corrected chi connectivity index (χ2v) is 6.66. The summed E-state index contributed by atoms with van der Waals surface area (Å²) in [7, 11) is 0. The van der Waals surface area contributed by atoms with Crippen LogP contribution in [0.3, 0.4) is 0 Å². The first-order valence-corrected chi connectivity index (χ1v) is 7.92. The minimum atomic E-state index is -4.32. The Morgan fingerprint density at radius 2 is 1.67 bits per heavy atom. The number of alkyl halides is 4. The normalized spacial score (nSPS) is 13.2. The second kappa shape index (κ2) is 6.75. The van der Waals surface area contributed by atoms with Gasteiger partial charge in [-0.25, -0.2) is 0 Å². The van der Waals surface area contributed by atoms with E-state index in [4.69, 9.17) is 23.2 Å². The predicted octanol–water partition coefficient (Wildman–Crippen LogP) is 6.49. The van der Waals surface area contributed by atoms with Gasteiger partial charge in [-0.3, -0.25) is 0 Å². The monoisotopic (exact) mass is 444 g/mol. The van der Waals surface area contributed by atoms with Gasteiger partial charge in [0.25, 0.3) is 0 Å². The van der Waals surface area contributed by atoms with Crippen LogP contribution >= 0.6 is 45.8 Å². The highest BCUT2D eigenvalue weighted by atomic mass is 127. The molecule has 0 aliphatic rings. The molecule has 0 aliphatic heterocycles. The largest absolute Gasteiger partial charge is 0.416 e. The standard InChI is InChI=1S/C15H10Cl2F3I/c16-11-5-6-14(21)12(8-11)13(17)7-9-1-3-10(4-2-9)15(18,19)20/h1-6,8,13H,7H2. The molecular formula is C15H10Cl2F3I. The molecule has 0 N–H and O–H groups in total. The van der Waals surface area contributed by atoms with E-state index in [1.807, 2.05) is 6.07 Å². The first-order chi connectivity index (χ1) is 9.77. The minimum absolute atomic E-state index is 0.340. The van der Waals surface area contributed by atoms with Crippen molar-refractivity contribution < 1.29 is 13.2 Å². The van der Waals surface area contributed by atoms with E-state index in [1.165, 1.54) is 12.1 Å². The van der Waals surface area contributed by atoms with Crippen molar-refractivity contribution in [2.45, 2.75) is 18.0 Å². The molecule has 2 aromatic carbocycles. The minimum Gasteiger partial charge on any atom is -0.166 e. The molecule has 112 valence electrons. The summed E-state index contributed by atoms with van der Waals surface area (Å²) in [6.45, 7) is 0. The zero-order chi connectivity index (χ0) is 15.6. The fourth-order valence-electron chi connectivity index (χ4n) is 1.90. The molecule has 0 nitrogen and oxygen atoms in total. The van der Waals surface area contributed by atoms with Crippen LogP contribution in [0.5, 0.6) is 0 Å². The molecule has 0 heterocycles. The molecule has 0 amide bonds. The van der Waals surface area contributed by atoms with E-state index in [2.05, 4.69) is 22.6 Å². The lowest BCUT2D eigenvalue weighted by Crippen LogP contribution is -2.05. The van der Waals surface area contributed by atoms with Gasteiger partial charge in [0.1, 0.15) is 0 Å². The third-order valence-electron chi connectivity index (χ3n) is 2.99. The van der Waals surface area contributed by atoms with Crippen molar-refractivity contribution >= 4 is 45.8 Å². The summed E-state index contributed by atoms with van der Waals surface area (Å²) in [5, 5.41) is 0.246. The van der Waals surface area contributed by atoms with Crippen molar-refractivity contribution in [3.05, 3.63) is 67.7 Å². The van der Waals surface area contributed by atoms with Gasteiger partial charge in [0.05, 0.1) is 10.9 Å². The Bertz CT molecular complexity index is 624. The molecule has 2 rings (SSSR count). The van der Waals surface area contributed by atoms with Crippen LogP contribution in [-0.2, 0) is 12.6 Å². The van der Waals surface area contributed by atoms with Crippen LogP contribution < -0.4 is 0 Å². The topological polar surface area (TPSA) is 0 Å². The molecule has 0 saturated heterocycles. The number of halogens is 6. The van der Waals surface area contributed by atoms with Gasteiger partial charge in [-0.2, -0.15) is 13.2 Å². The summed E-state index contributed by atoms with van der Waals surface area (Å²) < 4.78 is 38.5. The Morgan fingerprint density at radius 3 is 2.24 bits per heavy atom. The van der Waals surface area contributed by atoms with Crippen LogP contribution in [0, 0.1) is 3.57 Å². The number of benzene rings is 2. The van der Waals surface area contributed by atoms with E-state index in [-0.39, 0.29) is 5.38 Å². The Hall–Kier alpha value is -0.460. The molecular weight excluding hydrogens is 435 g/mol. The molecule has 0 bridgehead atoms. The quantitative estimate of drug-likeness (QED) is 0.375. The molecule has 0 aliphatic carbocycles. The first-order valence-electron chi connectivity index (χ1n) is 6.02. The van der Waals surface area contributed by atoms with E-state index >= 15 is 0 Å². The molecule has 0 aromatic heterocycles. The van der Waals surface area contributed by atoms with Crippen LogP contribution in [0.25, 0.3) is 0 Å². The fraction of sp³-hybridized carbons (Fsp3) is 0.200. The van der Waals surface area contributed by atoms with Gasteiger partial charge >= 0.3 is 6.18 Å². The van der Waals surface area contributed by atoms with Crippen molar-refractivity contribution in [2.24, 2.45) is 0 Å². The summed E-state index contributed by atoms with van der Waals surface area (Å²) in [4.78, 5) is 0. The summed E-state index contributed by atoms with van der Waals surface area (Å²) in [5.41, 5.74) is 0.971. The Balaban J connectivity index is 2.16. The van der Waals surface area contributed by atoms with Gasteiger partial charge < -0.3 is 0 Å². The number of hydrogen-bond acceptors (Lipinski definition) is 0. The molecule has 1 unspecified atom stereocenters. The van der Waals surface area contributed by atoms with Gasteiger partial charge in [0.2, 0.25) is 0 Å². The van der Waals surface area contributed by atoms with Crippen LogP contribution in [0.15, 0.2) is 42.5 Å². The lowest BCUT2D eigenvalue weighted by molar-refractivity contribution is -0.137. The summed E-state index contributed by atoms with van der Waals surface area (Å²) in [6.07, 6.45) is -3.88. The molecule has 0 radical (unpaired) electrons. The first kappa shape index (κ1) is 16.9. The molecule has 21 heavy (non-hydrogen) atoms. The van der Waals surface area contributed by atoms with Crippen LogP contribution in [0.2, 0.25) is 5.02 Å².